The number of carbonyl (C=O) groups excluding carboxylic acids is 2. The van der Waals surface area contributed by atoms with E-state index in [1.54, 1.807) is 24.3 Å². The van der Waals surface area contributed by atoms with Gasteiger partial charge in [-0.2, -0.15) is 0 Å². The molecule has 0 radical (unpaired) electrons. The van der Waals surface area contributed by atoms with Crippen LogP contribution in [0.4, 0.5) is 11.4 Å². The number of anilines is 2. The summed E-state index contributed by atoms with van der Waals surface area (Å²) in [7, 11) is 7.76. The normalized spacial score (nSPS) is 10.6. The van der Waals surface area contributed by atoms with E-state index in [9.17, 15) is 9.59 Å². The lowest BCUT2D eigenvalue weighted by Crippen LogP contribution is -2.15. The van der Waals surface area contributed by atoms with E-state index in [0.717, 1.165) is 11.4 Å². The van der Waals surface area contributed by atoms with Gasteiger partial charge >= 0.3 is 11.9 Å². The first-order chi connectivity index (χ1) is 16.9. The Kier molecular flexibility index (Phi) is 12.6. The van der Waals surface area contributed by atoms with Gasteiger partial charge in [-0.1, -0.05) is 0 Å². The molecule has 0 fully saturated rings. The molecule has 0 saturated carbocycles. The van der Waals surface area contributed by atoms with Crippen molar-refractivity contribution in [2.24, 2.45) is 0 Å². The molecule has 2 aromatic carbocycles. The topological polar surface area (TPSA) is 86.8 Å². The standard InChI is InChI=1S/C26H36N2O7/c1-27(2)23-9-5-21(6-10-23)25(29)34-19-17-32-15-13-31-14-16-33-18-20-35-26(30)22-7-11-24(12-8-22)28(3)4/h5-12H,13-20H2,1-4H3. The van der Waals surface area contributed by atoms with Crippen molar-refractivity contribution in [3.05, 3.63) is 59.7 Å². The van der Waals surface area contributed by atoms with E-state index in [2.05, 4.69) is 0 Å². The van der Waals surface area contributed by atoms with Crippen LogP contribution in [0.15, 0.2) is 48.5 Å². The summed E-state index contributed by atoms with van der Waals surface area (Å²) in [6.45, 7) is 2.53. The number of esters is 2. The Bertz CT molecular complexity index is 810. The van der Waals surface area contributed by atoms with Gasteiger partial charge in [-0.15, -0.1) is 0 Å². The van der Waals surface area contributed by atoms with Crippen molar-refractivity contribution in [3.8, 4) is 0 Å². The molecule has 2 rings (SSSR count). The van der Waals surface area contributed by atoms with Crippen LogP contribution in [0.3, 0.4) is 0 Å². The van der Waals surface area contributed by atoms with E-state index in [-0.39, 0.29) is 25.2 Å². The van der Waals surface area contributed by atoms with E-state index in [4.69, 9.17) is 23.7 Å². The van der Waals surface area contributed by atoms with Gasteiger partial charge in [0, 0.05) is 39.6 Å². The van der Waals surface area contributed by atoms with E-state index >= 15 is 0 Å². The van der Waals surface area contributed by atoms with Crippen LogP contribution in [0, 0.1) is 0 Å². The maximum atomic E-state index is 12.0. The van der Waals surface area contributed by atoms with Gasteiger partial charge in [0.15, 0.2) is 0 Å². The number of ether oxygens (including phenoxy) is 5. The molecule has 9 nitrogen and oxygen atoms in total. The van der Waals surface area contributed by atoms with Crippen molar-refractivity contribution in [1.82, 2.24) is 0 Å². The zero-order chi connectivity index (χ0) is 25.5. The van der Waals surface area contributed by atoms with Crippen LogP contribution in [-0.2, 0) is 23.7 Å². The Morgan fingerprint density at radius 3 is 1.09 bits per heavy atom. The second-order valence-corrected chi connectivity index (χ2v) is 7.99. The highest BCUT2D eigenvalue weighted by molar-refractivity contribution is 5.90. The van der Waals surface area contributed by atoms with Crippen molar-refractivity contribution >= 4 is 23.3 Å². The van der Waals surface area contributed by atoms with Crippen LogP contribution >= 0.6 is 0 Å². The predicted octanol–water partition coefficient (Wildman–Crippen LogP) is 2.88. The van der Waals surface area contributed by atoms with Gasteiger partial charge < -0.3 is 33.5 Å². The number of rotatable bonds is 16. The van der Waals surface area contributed by atoms with Crippen LogP contribution in [0.1, 0.15) is 20.7 Å². The van der Waals surface area contributed by atoms with Gasteiger partial charge in [0.05, 0.1) is 50.8 Å². The molecule has 0 aliphatic carbocycles. The molecule has 0 aromatic heterocycles. The van der Waals surface area contributed by atoms with Crippen molar-refractivity contribution < 1.29 is 33.3 Å². The van der Waals surface area contributed by atoms with Crippen LogP contribution in [-0.4, -0.2) is 93.0 Å². The Morgan fingerprint density at radius 1 is 0.514 bits per heavy atom. The van der Waals surface area contributed by atoms with Crippen molar-refractivity contribution in [1.29, 1.82) is 0 Å². The van der Waals surface area contributed by atoms with E-state index in [0.29, 0.717) is 50.8 Å². The molecule has 35 heavy (non-hydrogen) atoms. The molecule has 192 valence electrons. The smallest absolute Gasteiger partial charge is 0.338 e. The third kappa shape index (κ3) is 10.8. The zero-order valence-electron chi connectivity index (χ0n) is 21.0. The molecule has 0 aliphatic rings. The molecule has 0 N–H and O–H groups in total. The minimum Gasteiger partial charge on any atom is -0.460 e. The van der Waals surface area contributed by atoms with Gasteiger partial charge in [0.1, 0.15) is 13.2 Å². The highest BCUT2D eigenvalue weighted by Gasteiger charge is 2.08. The highest BCUT2D eigenvalue weighted by atomic mass is 16.6. The molecule has 0 heterocycles. The largest absolute Gasteiger partial charge is 0.460 e. The second-order valence-electron chi connectivity index (χ2n) is 7.99. The lowest BCUT2D eigenvalue weighted by Gasteiger charge is -2.12. The van der Waals surface area contributed by atoms with E-state index < -0.39 is 0 Å². The molecule has 0 spiro atoms. The maximum absolute atomic E-state index is 12.0. The monoisotopic (exact) mass is 488 g/mol. The number of benzene rings is 2. The average molecular weight is 489 g/mol. The summed E-state index contributed by atoms with van der Waals surface area (Å²) in [5.41, 5.74) is 3.04. The highest BCUT2D eigenvalue weighted by Crippen LogP contribution is 2.13. The molecule has 0 atom stereocenters. The van der Waals surface area contributed by atoms with Crippen LogP contribution < -0.4 is 9.80 Å². The van der Waals surface area contributed by atoms with Gasteiger partial charge in [0.2, 0.25) is 0 Å². The lowest BCUT2D eigenvalue weighted by molar-refractivity contribution is -0.00674. The first-order valence-corrected chi connectivity index (χ1v) is 11.5. The van der Waals surface area contributed by atoms with Crippen molar-refractivity contribution in [2.75, 3.05) is 90.8 Å². The number of hydrogen-bond donors (Lipinski definition) is 0. The van der Waals surface area contributed by atoms with Crippen LogP contribution in [0.25, 0.3) is 0 Å². The lowest BCUT2D eigenvalue weighted by atomic mass is 10.2. The van der Waals surface area contributed by atoms with Crippen molar-refractivity contribution in [3.63, 3.8) is 0 Å². The molecule has 0 unspecified atom stereocenters. The predicted molar refractivity (Wildman–Crippen MR) is 135 cm³/mol. The number of carbonyl (C=O) groups is 2. The summed E-state index contributed by atoms with van der Waals surface area (Å²) < 4.78 is 26.6. The fourth-order valence-corrected chi connectivity index (χ4v) is 2.89. The van der Waals surface area contributed by atoms with E-state index in [1.165, 1.54) is 0 Å². The fourth-order valence-electron chi connectivity index (χ4n) is 2.89. The van der Waals surface area contributed by atoms with Gasteiger partial charge in [-0.05, 0) is 48.5 Å². The Morgan fingerprint density at radius 2 is 0.800 bits per heavy atom. The minimum atomic E-state index is -0.375. The van der Waals surface area contributed by atoms with E-state index in [1.807, 2.05) is 62.3 Å². The average Bonchev–Trinajstić information content (AvgIpc) is 2.86. The molecule has 9 heteroatoms. The fraction of sp³-hybridized carbons (Fsp3) is 0.462. The number of hydrogen-bond acceptors (Lipinski definition) is 9. The summed E-state index contributed by atoms with van der Waals surface area (Å²) in [5.74, 6) is -0.750. The van der Waals surface area contributed by atoms with Crippen LogP contribution in [0.5, 0.6) is 0 Å². The van der Waals surface area contributed by atoms with Crippen LogP contribution in [0.2, 0.25) is 0 Å². The number of nitrogens with zero attached hydrogens (tertiary/aromatic N) is 2. The maximum Gasteiger partial charge on any atom is 0.338 e. The summed E-state index contributed by atoms with van der Waals surface area (Å²) in [4.78, 5) is 27.9. The molecular weight excluding hydrogens is 452 g/mol. The Balaban J connectivity index is 1.40. The third-order valence-corrected chi connectivity index (χ3v) is 4.90. The zero-order valence-corrected chi connectivity index (χ0v) is 21.0. The summed E-state index contributed by atoms with van der Waals surface area (Å²) >= 11 is 0. The summed E-state index contributed by atoms with van der Waals surface area (Å²) in [5, 5.41) is 0. The van der Waals surface area contributed by atoms with Crippen molar-refractivity contribution in [2.45, 2.75) is 0 Å². The van der Waals surface area contributed by atoms with Gasteiger partial charge in [-0.25, -0.2) is 9.59 Å². The first-order valence-electron chi connectivity index (χ1n) is 11.5. The summed E-state index contributed by atoms with van der Waals surface area (Å²) in [6.07, 6.45) is 0. The Hall–Kier alpha value is -3.14. The minimum absolute atomic E-state index is 0.176. The molecule has 0 aliphatic heterocycles. The van der Waals surface area contributed by atoms with Gasteiger partial charge in [-0.3, -0.25) is 0 Å². The quantitative estimate of drug-likeness (QED) is 0.261. The molecular formula is C26H36N2O7. The molecule has 0 amide bonds. The molecule has 0 saturated heterocycles. The second kappa shape index (κ2) is 15.7. The SMILES string of the molecule is CN(C)c1ccc(C(=O)OCCOCCOCCOCCOC(=O)c2ccc(N(C)C)cc2)cc1. The summed E-state index contributed by atoms with van der Waals surface area (Å²) in [6, 6.07) is 14.4. The molecule has 0 bridgehead atoms. The molecule has 2 aromatic rings. The third-order valence-electron chi connectivity index (χ3n) is 4.90. The van der Waals surface area contributed by atoms with Gasteiger partial charge in [0.25, 0.3) is 0 Å². The first kappa shape index (κ1) is 28.1. The Labute approximate surface area is 207 Å².